The van der Waals surface area contributed by atoms with Crippen LogP contribution in [0.5, 0.6) is 0 Å². The van der Waals surface area contributed by atoms with Crippen molar-refractivity contribution in [2.75, 3.05) is 13.2 Å². The van der Waals surface area contributed by atoms with Crippen molar-refractivity contribution in [2.45, 2.75) is 76.2 Å². The molecule has 2 aliphatic rings. The average molecular weight is 406 g/mol. The van der Waals surface area contributed by atoms with Gasteiger partial charge in [0, 0.05) is 0 Å². The van der Waals surface area contributed by atoms with Crippen molar-refractivity contribution >= 4 is 0 Å². The molecule has 2 fully saturated rings. The van der Waals surface area contributed by atoms with Gasteiger partial charge in [-0.25, -0.2) is 0 Å². The van der Waals surface area contributed by atoms with Gasteiger partial charge < -0.3 is 45.2 Å². The largest absolute Gasteiger partial charge is 0.394 e. The van der Waals surface area contributed by atoms with Crippen LogP contribution in [0.3, 0.4) is 0 Å². The van der Waals surface area contributed by atoms with Gasteiger partial charge in [-0.2, -0.15) is 0 Å². The van der Waals surface area contributed by atoms with Crippen molar-refractivity contribution < 1.29 is 45.2 Å². The van der Waals surface area contributed by atoms with Crippen LogP contribution >= 0.6 is 0 Å². The maximum atomic E-state index is 10.2. The Kier molecular flexibility index (Phi) is 7.99. The normalized spacial score (nSPS) is 45.3. The van der Waals surface area contributed by atoms with Gasteiger partial charge in [-0.3, -0.25) is 0 Å². The average Bonchev–Trinajstić information content (AvgIpc) is 2.63. The van der Waals surface area contributed by atoms with E-state index in [1.807, 2.05) is 20.8 Å². The van der Waals surface area contributed by atoms with Crippen LogP contribution in [0.4, 0.5) is 0 Å². The molecule has 9 heteroatoms. The molecular formula is C19H34O9. The Labute approximate surface area is 164 Å². The molecule has 1 heterocycles. The SMILES string of the molecule is C[C@H]1C(/C=C/[C@@H](O)CO[C@@H]2O[C@H](CO)[C@@H](O)[C@H](O)[C@H]2O)C(C)(C)C[C@H](O)[C@@H]1O. The van der Waals surface area contributed by atoms with Gasteiger partial charge in [-0.1, -0.05) is 32.9 Å². The second-order valence-corrected chi connectivity index (χ2v) is 8.62. The summed E-state index contributed by atoms with van der Waals surface area (Å²) in [5.74, 6) is -0.277. The summed E-state index contributed by atoms with van der Waals surface area (Å²) in [5.41, 5.74) is -0.271. The molecule has 1 unspecified atom stereocenters. The van der Waals surface area contributed by atoms with Crippen molar-refractivity contribution in [3.8, 4) is 0 Å². The van der Waals surface area contributed by atoms with Crippen molar-refractivity contribution in [1.29, 1.82) is 0 Å². The van der Waals surface area contributed by atoms with Crippen molar-refractivity contribution in [3.63, 3.8) is 0 Å². The number of aliphatic hydroxyl groups is 7. The lowest BCUT2D eigenvalue weighted by Crippen LogP contribution is -2.59. The summed E-state index contributed by atoms with van der Waals surface area (Å²) in [4.78, 5) is 0. The molecule has 1 aliphatic carbocycles. The first-order valence-electron chi connectivity index (χ1n) is 9.64. The zero-order valence-corrected chi connectivity index (χ0v) is 16.5. The van der Waals surface area contributed by atoms with E-state index < -0.39 is 55.6 Å². The molecule has 0 radical (unpaired) electrons. The topological polar surface area (TPSA) is 160 Å². The van der Waals surface area contributed by atoms with Crippen LogP contribution in [-0.4, -0.2) is 98.0 Å². The van der Waals surface area contributed by atoms with Crippen molar-refractivity contribution in [2.24, 2.45) is 17.3 Å². The van der Waals surface area contributed by atoms with Crippen LogP contribution < -0.4 is 0 Å². The molecule has 28 heavy (non-hydrogen) atoms. The summed E-state index contributed by atoms with van der Waals surface area (Å²) in [7, 11) is 0. The minimum Gasteiger partial charge on any atom is -0.394 e. The number of allylic oxidation sites excluding steroid dienone is 1. The summed E-state index contributed by atoms with van der Waals surface area (Å²) in [6, 6.07) is 0. The Morgan fingerprint density at radius 3 is 2.32 bits per heavy atom. The summed E-state index contributed by atoms with van der Waals surface area (Å²) < 4.78 is 10.5. The van der Waals surface area contributed by atoms with Gasteiger partial charge in [0.05, 0.1) is 31.5 Å². The van der Waals surface area contributed by atoms with E-state index in [9.17, 15) is 35.7 Å². The Morgan fingerprint density at radius 2 is 1.71 bits per heavy atom. The second-order valence-electron chi connectivity index (χ2n) is 8.62. The first kappa shape index (κ1) is 23.7. The van der Waals surface area contributed by atoms with Crippen LogP contribution in [0.15, 0.2) is 12.2 Å². The Balaban J connectivity index is 1.93. The maximum Gasteiger partial charge on any atom is 0.186 e. The quantitative estimate of drug-likeness (QED) is 0.251. The maximum absolute atomic E-state index is 10.2. The summed E-state index contributed by atoms with van der Waals surface area (Å²) in [6.45, 7) is 5.03. The molecule has 1 saturated carbocycles. The molecule has 9 nitrogen and oxygen atoms in total. The first-order valence-corrected chi connectivity index (χ1v) is 9.64. The van der Waals surface area contributed by atoms with Gasteiger partial charge >= 0.3 is 0 Å². The third-order valence-corrected chi connectivity index (χ3v) is 5.96. The number of hydrogen-bond acceptors (Lipinski definition) is 9. The van der Waals surface area contributed by atoms with Gasteiger partial charge in [-0.05, 0) is 23.7 Å². The van der Waals surface area contributed by atoms with E-state index in [-0.39, 0.29) is 23.9 Å². The molecule has 2 rings (SSSR count). The molecule has 164 valence electrons. The summed E-state index contributed by atoms with van der Waals surface area (Å²) >= 11 is 0. The zero-order valence-electron chi connectivity index (χ0n) is 16.5. The van der Waals surface area contributed by atoms with E-state index in [0.29, 0.717) is 6.42 Å². The molecule has 1 aliphatic heterocycles. The summed E-state index contributed by atoms with van der Waals surface area (Å²) in [6.07, 6.45) is -5.83. The molecular weight excluding hydrogens is 372 g/mol. The van der Waals surface area contributed by atoms with Crippen molar-refractivity contribution in [3.05, 3.63) is 12.2 Å². The second kappa shape index (κ2) is 9.46. The predicted molar refractivity (Wildman–Crippen MR) is 97.9 cm³/mol. The third-order valence-electron chi connectivity index (χ3n) is 5.96. The van der Waals surface area contributed by atoms with Gasteiger partial charge in [-0.15, -0.1) is 0 Å². The Bertz CT molecular complexity index is 524. The first-order chi connectivity index (χ1) is 13.0. The van der Waals surface area contributed by atoms with Crippen LogP contribution in [-0.2, 0) is 9.47 Å². The van der Waals surface area contributed by atoms with E-state index in [1.54, 1.807) is 6.08 Å². The number of ether oxygens (including phenoxy) is 2. The lowest BCUT2D eigenvalue weighted by molar-refractivity contribution is -0.303. The highest BCUT2D eigenvalue weighted by molar-refractivity contribution is 5.06. The molecule has 0 spiro atoms. The van der Waals surface area contributed by atoms with Gasteiger partial charge in [0.25, 0.3) is 0 Å². The fourth-order valence-corrected chi connectivity index (χ4v) is 4.21. The van der Waals surface area contributed by atoms with E-state index in [2.05, 4.69) is 0 Å². The highest BCUT2D eigenvalue weighted by atomic mass is 16.7. The van der Waals surface area contributed by atoms with E-state index in [1.165, 1.54) is 6.08 Å². The van der Waals surface area contributed by atoms with Gasteiger partial charge in [0.15, 0.2) is 6.29 Å². The minimum absolute atomic E-state index is 0.0761. The molecule has 10 atom stereocenters. The predicted octanol–water partition coefficient (Wildman–Crippen LogP) is -1.88. The number of hydrogen-bond donors (Lipinski definition) is 7. The number of aliphatic hydroxyl groups excluding tert-OH is 7. The molecule has 0 aromatic heterocycles. The minimum atomic E-state index is -1.54. The molecule has 0 amide bonds. The van der Waals surface area contributed by atoms with Crippen LogP contribution in [0.2, 0.25) is 0 Å². The highest BCUT2D eigenvalue weighted by Gasteiger charge is 2.45. The van der Waals surface area contributed by atoms with Crippen LogP contribution in [0.25, 0.3) is 0 Å². The van der Waals surface area contributed by atoms with Gasteiger partial charge in [0.1, 0.15) is 24.4 Å². The standard InChI is InChI=1S/C19H34O9/c1-9-11(19(2,3)6-12(22)14(9)23)5-4-10(21)8-27-18-17(26)16(25)15(24)13(7-20)28-18/h4-5,9-18,20-26H,6-8H2,1-3H3/b5-4+/t9-,10+,11?,12-,13+,14+,15+,16-,17+,18+/m0/s1. The van der Waals surface area contributed by atoms with E-state index in [0.717, 1.165) is 0 Å². The smallest absolute Gasteiger partial charge is 0.186 e. The fraction of sp³-hybridized carbons (Fsp3) is 0.895. The molecule has 0 aromatic rings. The highest BCUT2D eigenvalue weighted by Crippen LogP contribution is 2.44. The zero-order chi connectivity index (χ0) is 21.2. The Hall–Kier alpha value is -0.620. The van der Waals surface area contributed by atoms with Gasteiger partial charge in [0.2, 0.25) is 0 Å². The van der Waals surface area contributed by atoms with E-state index in [4.69, 9.17) is 9.47 Å². The lowest BCUT2D eigenvalue weighted by atomic mass is 9.62. The van der Waals surface area contributed by atoms with Crippen molar-refractivity contribution in [1.82, 2.24) is 0 Å². The van der Waals surface area contributed by atoms with Crippen LogP contribution in [0.1, 0.15) is 27.2 Å². The molecule has 0 aromatic carbocycles. The molecule has 1 saturated heterocycles. The number of rotatable bonds is 6. The van der Waals surface area contributed by atoms with E-state index >= 15 is 0 Å². The molecule has 0 bridgehead atoms. The third kappa shape index (κ3) is 5.10. The lowest BCUT2D eigenvalue weighted by Gasteiger charge is -2.46. The summed E-state index contributed by atoms with van der Waals surface area (Å²) in [5, 5.41) is 68.9. The molecule has 7 N–H and O–H groups in total. The fourth-order valence-electron chi connectivity index (χ4n) is 4.21. The Morgan fingerprint density at radius 1 is 1.07 bits per heavy atom. The monoisotopic (exact) mass is 406 g/mol. The van der Waals surface area contributed by atoms with Crippen LogP contribution in [0, 0.1) is 17.3 Å².